The van der Waals surface area contributed by atoms with Crippen molar-refractivity contribution in [2.75, 3.05) is 19.7 Å². The number of benzene rings is 2. The summed E-state index contributed by atoms with van der Waals surface area (Å²) in [6.07, 6.45) is 3.95. The zero-order valence-electron chi connectivity index (χ0n) is 35.9. The van der Waals surface area contributed by atoms with Crippen molar-refractivity contribution in [1.82, 2.24) is 35.6 Å². The third kappa shape index (κ3) is 11.8. The van der Waals surface area contributed by atoms with E-state index < -0.39 is 29.7 Å². The topological polar surface area (TPSA) is 182 Å². The molecule has 0 aliphatic carbocycles. The van der Waals surface area contributed by atoms with Gasteiger partial charge in [-0.15, -0.1) is 21.5 Å². The Bertz CT molecular complexity index is 2210. The number of nitrogens with one attached hydrogen (secondary N) is 3. The van der Waals surface area contributed by atoms with E-state index in [1.54, 1.807) is 19.1 Å². The molecule has 6 amide bonds. The summed E-state index contributed by atoms with van der Waals surface area (Å²) in [5.74, 6) is 0.115. The molecular weight excluding hydrogens is 783 g/mol. The van der Waals surface area contributed by atoms with Gasteiger partial charge in [-0.1, -0.05) is 70.2 Å². The summed E-state index contributed by atoms with van der Waals surface area (Å²) in [6.45, 7) is 21.0. The number of hydrogen-bond donors (Lipinski definition) is 3. The Morgan fingerprint density at radius 3 is 2.37 bits per heavy atom. The molecule has 1 fully saturated rings. The molecule has 1 saturated heterocycles. The predicted molar refractivity (Wildman–Crippen MR) is 232 cm³/mol. The number of hydrogen-bond acceptors (Lipinski definition) is 10. The second-order valence-corrected chi connectivity index (χ2v) is 16.1. The largest absolute Gasteiger partial charge is 0.483 e. The van der Waals surface area contributed by atoms with Gasteiger partial charge in [0.15, 0.2) is 6.61 Å². The minimum atomic E-state index is -1.11. The molecule has 3 N–H and O–H groups in total. The van der Waals surface area contributed by atoms with Gasteiger partial charge in [-0.3, -0.25) is 43.6 Å². The molecule has 0 bridgehead atoms. The Balaban J connectivity index is 0.000000267. The van der Waals surface area contributed by atoms with Crippen LogP contribution in [0.4, 0.5) is 0 Å². The van der Waals surface area contributed by atoms with E-state index in [0.717, 1.165) is 41.4 Å². The number of carbonyl (C=O) groups excluding carboxylic acids is 6. The van der Waals surface area contributed by atoms with Crippen LogP contribution in [0.3, 0.4) is 0 Å². The molecule has 0 radical (unpaired) electrons. The van der Waals surface area contributed by atoms with E-state index in [4.69, 9.17) is 4.74 Å². The summed E-state index contributed by atoms with van der Waals surface area (Å²) in [7, 11) is 0. The molecule has 2 aromatic carbocycles. The first-order chi connectivity index (χ1) is 28.6. The monoisotopic (exact) mass is 839 g/mol. The number of carbonyl (C=O) groups is 6. The highest BCUT2D eigenvalue weighted by molar-refractivity contribution is 7.15. The van der Waals surface area contributed by atoms with Gasteiger partial charge in [0.1, 0.15) is 28.4 Å². The predicted octanol–water partition coefficient (Wildman–Crippen LogP) is 5.89. The van der Waals surface area contributed by atoms with Gasteiger partial charge < -0.3 is 15.4 Å². The van der Waals surface area contributed by atoms with Crippen LogP contribution in [0.5, 0.6) is 5.75 Å². The van der Waals surface area contributed by atoms with Crippen LogP contribution in [-0.2, 0) is 36.8 Å². The number of piperidine rings is 1. The Hall–Kier alpha value is -5.96. The number of thiophene rings is 1. The minimum Gasteiger partial charge on any atom is -0.483 e. The van der Waals surface area contributed by atoms with E-state index in [-0.39, 0.29) is 43.1 Å². The van der Waals surface area contributed by atoms with Crippen molar-refractivity contribution in [3.8, 4) is 10.8 Å². The molecule has 1 aliphatic heterocycles. The van der Waals surface area contributed by atoms with Gasteiger partial charge in [0, 0.05) is 43.3 Å². The first-order valence-corrected chi connectivity index (χ1v) is 21.1. The van der Waals surface area contributed by atoms with Crippen molar-refractivity contribution in [1.29, 1.82) is 0 Å². The molecule has 0 spiro atoms. The van der Waals surface area contributed by atoms with Crippen LogP contribution < -0.4 is 20.7 Å². The highest BCUT2D eigenvalue weighted by Crippen LogP contribution is 2.39. The quantitative estimate of drug-likeness (QED) is 0.0664. The second kappa shape index (κ2) is 21.9. The van der Waals surface area contributed by atoms with E-state index in [2.05, 4.69) is 96.2 Å². The van der Waals surface area contributed by atoms with Crippen LogP contribution in [0.15, 0.2) is 49.0 Å². The zero-order valence-corrected chi connectivity index (χ0v) is 36.7. The summed E-state index contributed by atoms with van der Waals surface area (Å²) >= 11 is 1.81. The van der Waals surface area contributed by atoms with Crippen LogP contribution in [-0.4, -0.2) is 81.3 Å². The van der Waals surface area contributed by atoms with Gasteiger partial charge in [0.2, 0.25) is 24.1 Å². The average molecular weight is 840 g/mol. The van der Waals surface area contributed by atoms with Crippen molar-refractivity contribution in [3.05, 3.63) is 99.0 Å². The lowest BCUT2D eigenvalue weighted by Crippen LogP contribution is -2.54. The van der Waals surface area contributed by atoms with E-state index in [9.17, 15) is 28.8 Å². The zero-order chi connectivity index (χ0) is 44.1. The van der Waals surface area contributed by atoms with Crippen molar-refractivity contribution in [2.45, 2.75) is 100.0 Å². The molecule has 320 valence electrons. The standard InChI is InChI=1S/C24H31N3S.C21H26N4O7/c1-8-15(3)14-22-26-25-19(7)27(22)24-23(16(4)18(6)28-24)17(5)21-12-10-20(9-2)11-13-21;1-13-5-3-6-16(32-11-18(29)23-10-4-9-22-14(2)27)19(13)21(31)25(12-26)15-7-8-17(28)24-20(15)30/h10-13,15H,5,8-9,14H2,1-4,6-7H3;3,5-6,12,15H,4,7-11H2,1-2H3,(H,22,27)(H,23,29)(H,24,28,30). The maximum absolute atomic E-state index is 13.1. The fraction of sp³-hybridized carbons (Fsp3) is 0.422. The van der Waals surface area contributed by atoms with Gasteiger partial charge in [0.25, 0.3) is 11.8 Å². The highest BCUT2D eigenvalue weighted by Gasteiger charge is 2.36. The molecular formula is C45H57N7O7S. The minimum absolute atomic E-state index is 0.00721. The maximum Gasteiger partial charge on any atom is 0.265 e. The molecule has 0 saturated carbocycles. The normalized spacial score (nSPS) is 14.0. The van der Waals surface area contributed by atoms with Crippen molar-refractivity contribution in [2.24, 2.45) is 5.92 Å². The Morgan fingerprint density at radius 1 is 1.03 bits per heavy atom. The van der Waals surface area contributed by atoms with Gasteiger partial charge in [-0.25, -0.2) is 0 Å². The SMILES string of the molecule is C=C(c1ccc(CC)cc1)c1c(-n2c(C)nnc2CC(C)CC)sc(C)c1C.CC(=O)NCCCNC(=O)COc1cccc(C)c1C(=O)N(C=O)C1CCC(=O)NC1=O. The molecule has 2 aromatic heterocycles. The van der Waals surface area contributed by atoms with Crippen LogP contribution in [0, 0.1) is 33.6 Å². The number of imide groups is 2. The van der Waals surface area contributed by atoms with Gasteiger partial charge in [0.05, 0.1) is 5.56 Å². The summed E-state index contributed by atoms with van der Waals surface area (Å²) < 4.78 is 7.77. The third-order valence-corrected chi connectivity index (χ3v) is 11.6. The summed E-state index contributed by atoms with van der Waals surface area (Å²) in [5, 5.41) is 17.5. The number of rotatable bonds is 17. The van der Waals surface area contributed by atoms with Gasteiger partial charge in [-0.05, 0) is 86.8 Å². The smallest absolute Gasteiger partial charge is 0.265 e. The highest BCUT2D eigenvalue weighted by atomic mass is 32.1. The van der Waals surface area contributed by atoms with E-state index >= 15 is 0 Å². The molecule has 15 heteroatoms. The fourth-order valence-electron chi connectivity index (χ4n) is 6.62. The molecule has 2 unspecified atom stereocenters. The first-order valence-electron chi connectivity index (χ1n) is 20.3. The molecule has 4 aromatic rings. The molecule has 3 heterocycles. The third-order valence-electron chi connectivity index (χ3n) is 10.5. The van der Waals surface area contributed by atoms with Gasteiger partial charge in [-0.2, -0.15) is 0 Å². The average Bonchev–Trinajstić information content (AvgIpc) is 3.73. The lowest BCUT2D eigenvalue weighted by Gasteiger charge is -2.29. The number of aryl methyl sites for hydroxylation is 4. The molecule has 5 rings (SSSR count). The van der Waals surface area contributed by atoms with E-state index in [1.165, 1.54) is 45.1 Å². The number of amides is 6. The summed E-state index contributed by atoms with van der Waals surface area (Å²) in [6, 6.07) is 12.4. The Labute approximate surface area is 356 Å². The lowest BCUT2D eigenvalue weighted by molar-refractivity contribution is -0.139. The van der Waals surface area contributed by atoms with Crippen LogP contribution in [0.25, 0.3) is 10.6 Å². The van der Waals surface area contributed by atoms with Crippen molar-refractivity contribution >= 4 is 52.9 Å². The van der Waals surface area contributed by atoms with Crippen LogP contribution in [0.1, 0.15) is 108 Å². The van der Waals surface area contributed by atoms with Crippen LogP contribution >= 0.6 is 11.3 Å². The number of aromatic nitrogens is 3. The van der Waals surface area contributed by atoms with Crippen molar-refractivity contribution < 1.29 is 33.5 Å². The molecule has 60 heavy (non-hydrogen) atoms. The van der Waals surface area contributed by atoms with Crippen LogP contribution in [0.2, 0.25) is 0 Å². The number of nitrogens with zero attached hydrogens (tertiary/aromatic N) is 4. The number of ether oxygens (including phenoxy) is 1. The molecule has 2 atom stereocenters. The Kier molecular flexibility index (Phi) is 17.0. The van der Waals surface area contributed by atoms with E-state index in [0.29, 0.717) is 31.0 Å². The first kappa shape index (κ1) is 46.7. The lowest BCUT2D eigenvalue weighted by atomic mass is 9.96. The molecule has 1 aliphatic rings. The maximum atomic E-state index is 13.1. The molecule has 14 nitrogen and oxygen atoms in total. The fourth-order valence-corrected chi connectivity index (χ4v) is 7.87. The second-order valence-electron chi connectivity index (χ2n) is 14.9. The van der Waals surface area contributed by atoms with E-state index in [1.807, 2.05) is 18.3 Å². The summed E-state index contributed by atoms with van der Waals surface area (Å²) in [4.78, 5) is 73.1. The summed E-state index contributed by atoms with van der Waals surface area (Å²) in [5.41, 5.74) is 6.65. The Morgan fingerprint density at radius 2 is 1.73 bits per heavy atom. The van der Waals surface area contributed by atoms with Crippen molar-refractivity contribution in [3.63, 3.8) is 0 Å². The van der Waals surface area contributed by atoms with Gasteiger partial charge >= 0.3 is 0 Å².